The van der Waals surface area contributed by atoms with Gasteiger partial charge in [0.15, 0.2) is 0 Å². The van der Waals surface area contributed by atoms with Crippen LogP contribution in [0.4, 0.5) is 10.1 Å². The fraction of sp³-hybridized carbons (Fsp3) is 0.250. The zero-order valence-electron chi connectivity index (χ0n) is 19.5. The molecule has 3 aromatic carbocycles. The van der Waals surface area contributed by atoms with Crippen molar-refractivity contribution in [2.24, 2.45) is 0 Å². The first-order chi connectivity index (χ1) is 16.3. The topological polar surface area (TPSA) is 40.5 Å². The van der Waals surface area contributed by atoms with Gasteiger partial charge in [0.05, 0.1) is 11.3 Å². The van der Waals surface area contributed by atoms with Crippen LogP contribution in [0.1, 0.15) is 59.2 Å². The van der Waals surface area contributed by atoms with Crippen molar-refractivity contribution in [3.63, 3.8) is 0 Å². The summed E-state index contributed by atoms with van der Waals surface area (Å²) in [6, 6.07) is 20.2. The number of hydrogen-bond donors (Lipinski definition) is 1. The molecule has 1 aliphatic heterocycles. The first-order valence-electron chi connectivity index (χ1n) is 11.4. The molecule has 1 heterocycles. The maximum atomic E-state index is 14.5. The molecule has 6 heteroatoms. The van der Waals surface area contributed by atoms with Gasteiger partial charge in [0.25, 0.3) is 0 Å². The number of halogens is 2. The van der Waals surface area contributed by atoms with Crippen molar-refractivity contribution in [2.45, 2.75) is 39.0 Å². The normalized spacial score (nSPS) is 13.3. The Labute approximate surface area is 208 Å². The zero-order valence-corrected chi connectivity index (χ0v) is 21.4. The van der Waals surface area contributed by atoms with Crippen LogP contribution in [0.25, 0.3) is 5.57 Å². The highest BCUT2D eigenvalue weighted by atomic mass is 35.5. The Morgan fingerprint density at radius 2 is 1.82 bits per heavy atom. The second-order valence-electron chi connectivity index (χ2n) is 8.44. The highest BCUT2D eigenvalue weighted by Gasteiger charge is 2.23. The number of fused-ring (bicyclic) bond motifs is 1. The molecule has 0 aromatic heterocycles. The van der Waals surface area contributed by atoms with Crippen LogP contribution in [0.2, 0.25) is 5.02 Å². The van der Waals surface area contributed by atoms with Gasteiger partial charge in [-0.15, -0.1) is 0 Å². The summed E-state index contributed by atoms with van der Waals surface area (Å²) in [5.74, 6) is -0.830. The number of aryl methyl sites for hydroxylation is 1. The Kier molecular flexibility index (Phi) is 9.27. The lowest BCUT2D eigenvalue weighted by Gasteiger charge is -2.30. The van der Waals surface area contributed by atoms with E-state index in [9.17, 15) is 9.18 Å². The van der Waals surface area contributed by atoms with Gasteiger partial charge >= 0.3 is 5.97 Å². The number of aromatic carboxylic acids is 1. The molecule has 2 unspecified atom stereocenters. The molecular weight excluding hydrogens is 468 g/mol. The van der Waals surface area contributed by atoms with Crippen molar-refractivity contribution < 1.29 is 14.3 Å². The second kappa shape index (κ2) is 12.1. The number of allylic oxidation sites excluding steroid dienone is 1. The molecule has 1 aliphatic rings. The first kappa shape index (κ1) is 25.9. The number of hydrogen-bond acceptors (Lipinski definition) is 2. The Bertz CT molecular complexity index is 1150. The minimum Gasteiger partial charge on any atom is -0.478 e. The number of carboxylic acids is 1. The number of rotatable bonds is 6. The number of nitrogens with zero attached hydrogens (tertiary/aromatic N) is 1. The summed E-state index contributed by atoms with van der Waals surface area (Å²) in [5, 5.41) is 9.91. The summed E-state index contributed by atoms with van der Waals surface area (Å²) >= 11 is 5.54. The van der Waals surface area contributed by atoms with E-state index in [0.29, 0.717) is 17.8 Å². The number of carbonyl (C=O) groups is 1. The molecule has 0 fully saturated rings. The average molecular weight is 498 g/mol. The third-order valence-corrected chi connectivity index (χ3v) is 6.56. The van der Waals surface area contributed by atoms with Crippen LogP contribution >= 0.6 is 21.0 Å². The van der Waals surface area contributed by atoms with Gasteiger partial charge in [0.2, 0.25) is 0 Å². The van der Waals surface area contributed by atoms with E-state index >= 15 is 0 Å². The molecule has 0 aliphatic carbocycles. The largest absolute Gasteiger partial charge is 0.478 e. The summed E-state index contributed by atoms with van der Waals surface area (Å²) < 4.78 is 16.4. The molecular formula is C28H30ClFNO2P. The molecule has 34 heavy (non-hydrogen) atoms. The SMILES string of the molecule is CCCC(CC1=CCN(P)c2c(F)cc(C)cc21)c1ccc(C(=O)O)cc1.Clc1ccccc1. The van der Waals surface area contributed by atoms with E-state index in [1.165, 1.54) is 0 Å². The standard InChI is InChI=1S/C22H25FNO2P.C6H5Cl/c1-3-4-17(15-5-7-16(8-6-15)22(25)26)13-18-9-10-24(27)21-19(18)11-14(2)12-20(21)23;7-6-4-2-1-3-5-6/h5-9,11-12,17H,3-4,10,13,27H2,1-2H3,(H,25,26);1-5H. The molecule has 0 amide bonds. The van der Waals surface area contributed by atoms with E-state index in [2.05, 4.69) is 28.5 Å². The molecule has 0 saturated carbocycles. The molecule has 1 N–H and O–H groups in total. The van der Waals surface area contributed by atoms with Gasteiger partial charge in [-0.3, -0.25) is 0 Å². The monoisotopic (exact) mass is 497 g/mol. The van der Waals surface area contributed by atoms with E-state index in [4.69, 9.17) is 16.7 Å². The maximum absolute atomic E-state index is 14.5. The smallest absolute Gasteiger partial charge is 0.335 e. The summed E-state index contributed by atoms with van der Waals surface area (Å²) in [5.41, 5.74) is 5.09. The number of carboxylic acid groups (broad SMARTS) is 1. The van der Waals surface area contributed by atoms with Crippen LogP contribution < -0.4 is 4.67 Å². The molecule has 3 nitrogen and oxygen atoms in total. The van der Waals surface area contributed by atoms with Gasteiger partial charge in [-0.2, -0.15) is 0 Å². The summed E-state index contributed by atoms with van der Waals surface area (Å²) in [6.45, 7) is 4.72. The lowest BCUT2D eigenvalue weighted by molar-refractivity contribution is 0.0697. The highest BCUT2D eigenvalue weighted by molar-refractivity contribution is 7.19. The Morgan fingerprint density at radius 1 is 1.15 bits per heavy atom. The molecule has 3 aromatic rings. The first-order valence-corrected chi connectivity index (χ1v) is 12.2. The van der Waals surface area contributed by atoms with Gasteiger partial charge in [0, 0.05) is 17.1 Å². The minimum absolute atomic E-state index is 0.191. The van der Waals surface area contributed by atoms with Crippen molar-refractivity contribution in [1.82, 2.24) is 0 Å². The predicted octanol–water partition coefficient (Wildman–Crippen LogP) is 8.14. The van der Waals surface area contributed by atoms with Crippen molar-refractivity contribution in [2.75, 3.05) is 11.2 Å². The molecule has 0 radical (unpaired) electrons. The fourth-order valence-corrected chi connectivity index (χ4v) is 4.70. The Hall–Kier alpha value is -2.68. The molecule has 0 bridgehead atoms. The minimum atomic E-state index is -0.913. The van der Waals surface area contributed by atoms with E-state index in [0.717, 1.165) is 46.5 Å². The molecule has 2 atom stereocenters. The average Bonchev–Trinajstić information content (AvgIpc) is 2.81. The molecule has 4 rings (SSSR count). The molecule has 0 saturated heterocycles. The van der Waals surface area contributed by atoms with E-state index in [1.54, 1.807) is 18.2 Å². The van der Waals surface area contributed by atoms with Crippen molar-refractivity contribution in [3.05, 3.63) is 106 Å². The summed E-state index contributed by atoms with van der Waals surface area (Å²) in [6.07, 6.45) is 5.01. The Morgan fingerprint density at radius 3 is 2.38 bits per heavy atom. The van der Waals surface area contributed by atoms with Crippen molar-refractivity contribution >= 4 is 38.2 Å². The third-order valence-electron chi connectivity index (χ3n) is 5.84. The number of anilines is 1. The van der Waals surface area contributed by atoms with Gasteiger partial charge in [-0.25, -0.2) is 9.18 Å². The van der Waals surface area contributed by atoms with E-state index in [-0.39, 0.29) is 11.7 Å². The van der Waals surface area contributed by atoms with Crippen molar-refractivity contribution in [3.8, 4) is 0 Å². The van der Waals surface area contributed by atoms with Crippen LogP contribution in [0.15, 0.2) is 72.8 Å². The number of benzene rings is 3. The van der Waals surface area contributed by atoms with Crippen LogP contribution in [0.3, 0.4) is 0 Å². The van der Waals surface area contributed by atoms with Crippen molar-refractivity contribution in [1.29, 1.82) is 0 Å². The predicted molar refractivity (Wildman–Crippen MR) is 143 cm³/mol. The van der Waals surface area contributed by atoms with Gasteiger partial charge in [-0.05, 0) is 88.2 Å². The molecule has 178 valence electrons. The maximum Gasteiger partial charge on any atom is 0.335 e. The summed E-state index contributed by atoms with van der Waals surface area (Å²) in [7, 11) is 2.60. The van der Waals surface area contributed by atoms with Gasteiger partial charge < -0.3 is 9.78 Å². The fourth-order valence-electron chi connectivity index (χ4n) is 4.19. The Balaban J connectivity index is 0.000000396. The lowest BCUT2D eigenvalue weighted by atomic mass is 9.84. The van der Waals surface area contributed by atoms with E-state index in [1.807, 2.05) is 54.1 Å². The van der Waals surface area contributed by atoms with Gasteiger partial charge in [-0.1, -0.05) is 61.4 Å². The highest BCUT2D eigenvalue weighted by Crippen LogP contribution is 2.41. The van der Waals surface area contributed by atoms with Gasteiger partial charge in [0.1, 0.15) is 5.82 Å². The quantitative estimate of drug-likeness (QED) is 0.349. The zero-order chi connectivity index (χ0) is 24.7. The third kappa shape index (κ3) is 6.68. The molecule has 0 spiro atoms. The van der Waals surface area contributed by atoms with E-state index < -0.39 is 5.97 Å². The second-order valence-corrected chi connectivity index (χ2v) is 9.50. The van der Waals surface area contributed by atoms with Crippen LogP contribution in [0.5, 0.6) is 0 Å². The summed E-state index contributed by atoms with van der Waals surface area (Å²) in [4.78, 5) is 11.1. The lowest BCUT2D eigenvalue weighted by Crippen LogP contribution is -2.18. The van der Waals surface area contributed by atoms with Crippen LogP contribution in [0, 0.1) is 12.7 Å². The van der Waals surface area contributed by atoms with Crippen LogP contribution in [-0.4, -0.2) is 17.6 Å². The van der Waals surface area contributed by atoms with Crippen LogP contribution in [-0.2, 0) is 0 Å².